The average molecular weight is 217 g/mol. The summed E-state index contributed by atoms with van der Waals surface area (Å²) in [5.41, 5.74) is 0. The van der Waals surface area contributed by atoms with Gasteiger partial charge in [0.05, 0.1) is 6.04 Å². The van der Waals surface area contributed by atoms with E-state index in [1.54, 1.807) is 0 Å². The van der Waals surface area contributed by atoms with Crippen molar-refractivity contribution in [3.63, 3.8) is 0 Å². The normalized spacial score (nSPS) is 15.6. The minimum Gasteiger partial charge on any atom is -0.298 e. The highest BCUT2D eigenvalue weighted by atomic mass is 32.2. The summed E-state index contributed by atoms with van der Waals surface area (Å²) in [5, 5.41) is 0. The summed E-state index contributed by atoms with van der Waals surface area (Å²) >= 11 is 1.85. The van der Waals surface area contributed by atoms with Crippen molar-refractivity contribution >= 4 is 17.5 Å². The molecule has 14 heavy (non-hydrogen) atoms. The minimum atomic E-state index is 0.0668. The summed E-state index contributed by atoms with van der Waals surface area (Å²) in [4.78, 5) is 13.7. The Labute approximate surface area is 92.4 Å². The zero-order valence-electron chi connectivity index (χ0n) is 10.0. The lowest BCUT2D eigenvalue weighted by molar-refractivity contribution is -0.123. The molecule has 3 heteroatoms. The molecule has 84 valence electrons. The molecule has 0 aromatic carbocycles. The van der Waals surface area contributed by atoms with Crippen molar-refractivity contribution in [3.05, 3.63) is 0 Å². The van der Waals surface area contributed by atoms with E-state index in [2.05, 4.69) is 25.1 Å². The van der Waals surface area contributed by atoms with Crippen LogP contribution in [0.15, 0.2) is 0 Å². The van der Waals surface area contributed by atoms with Gasteiger partial charge in [0.25, 0.3) is 0 Å². The zero-order valence-corrected chi connectivity index (χ0v) is 10.9. The smallest absolute Gasteiger partial charge is 0.149 e. The van der Waals surface area contributed by atoms with Crippen molar-refractivity contribution in [2.24, 2.45) is 0 Å². The van der Waals surface area contributed by atoms with E-state index in [1.165, 1.54) is 0 Å². The van der Waals surface area contributed by atoms with Gasteiger partial charge in [-0.2, -0.15) is 11.8 Å². The lowest BCUT2D eigenvalue weighted by atomic mass is 10.1. The molecule has 0 heterocycles. The van der Waals surface area contributed by atoms with Gasteiger partial charge in [-0.25, -0.2) is 0 Å². The van der Waals surface area contributed by atoms with Crippen LogP contribution in [0.3, 0.4) is 0 Å². The van der Waals surface area contributed by atoms with Crippen LogP contribution in [0, 0.1) is 0 Å². The summed E-state index contributed by atoms with van der Waals surface area (Å²) < 4.78 is 0. The summed E-state index contributed by atoms with van der Waals surface area (Å²) in [5.74, 6) is 1.45. The molecule has 0 fully saturated rings. The monoisotopic (exact) mass is 217 g/mol. The number of hydrogen-bond acceptors (Lipinski definition) is 3. The molecule has 0 aromatic rings. The zero-order chi connectivity index (χ0) is 11.1. The maximum absolute atomic E-state index is 11.5. The Kier molecular flexibility index (Phi) is 7.28. The Morgan fingerprint density at radius 1 is 1.43 bits per heavy atom. The first-order valence-corrected chi connectivity index (χ1v) is 6.71. The van der Waals surface area contributed by atoms with Gasteiger partial charge in [-0.1, -0.05) is 13.8 Å². The van der Waals surface area contributed by atoms with Gasteiger partial charge in [-0.3, -0.25) is 9.69 Å². The number of thioether (sulfide) groups is 1. The van der Waals surface area contributed by atoms with Crippen LogP contribution in [-0.2, 0) is 4.79 Å². The van der Waals surface area contributed by atoms with E-state index in [-0.39, 0.29) is 6.04 Å². The average Bonchev–Trinajstić information content (AvgIpc) is 2.22. The van der Waals surface area contributed by atoms with E-state index in [4.69, 9.17) is 0 Å². The van der Waals surface area contributed by atoms with Crippen LogP contribution in [0.1, 0.15) is 33.6 Å². The van der Waals surface area contributed by atoms with Gasteiger partial charge in [0, 0.05) is 18.2 Å². The van der Waals surface area contributed by atoms with Crippen LogP contribution in [0.25, 0.3) is 0 Å². The highest BCUT2D eigenvalue weighted by Crippen LogP contribution is 2.12. The topological polar surface area (TPSA) is 20.3 Å². The number of carbonyl (C=O) groups excluding carboxylic acids is 1. The highest BCUT2D eigenvalue weighted by molar-refractivity contribution is 7.98. The quantitative estimate of drug-likeness (QED) is 0.653. The molecule has 0 aliphatic rings. The maximum atomic E-state index is 11.5. The van der Waals surface area contributed by atoms with Crippen LogP contribution < -0.4 is 0 Å². The van der Waals surface area contributed by atoms with Gasteiger partial charge in [-0.15, -0.1) is 0 Å². The molecule has 0 aromatic heterocycles. The summed E-state index contributed by atoms with van der Waals surface area (Å²) in [7, 11) is 2.06. The van der Waals surface area contributed by atoms with Gasteiger partial charge >= 0.3 is 0 Å². The van der Waals surface area contributed by atoms with Crippen molar-refractivity contribution in [1.82, 2.24) is 4.90 Å². The Bertz CT molecular complexity index is 173. The fraction of sp³-hybridized carbons (Fsp3) is 0.909. The number of carbonyl (C=O) groups is 1. The standard InChI is InChI=1S/C11H23NOS/c1-6-10(8-14-5)12(4)9(3)11(13)7-2/h9-10H,6-8H2,1-5H3. The fourth-order valence-corrected chi connectivity index (χ4v) is 2.41. The predicted molar refractivity (Wildman–Crippen MR) is 65.0 cm³/mol. The third kappa shape index (κ3) is 4.01. The first kappa shape index (κ1) is 14.0. The van der Waals surface area contributed by atoms with Crippen molar-refractivity contribution in [2.75, 3.05) is 19.1 Å². The number of Topliss-reactive ketones (excluding diaryl/α,β-unsaturated/α-hetero) is 1. The Morgan fingerprint density at radius 3 is 2.36 bits per heavy atom. The molecule has 0 aliphatic heterocycles. The molecular formula is C11H23NOS. The first-order chi connectivity index (χ1) is 6.58. The van der Waals surface area contributed by atoms with Crippen LogP contribution >= 0.6 is 11.8 Å². The van der Waals surface area contributed by atoms with Gasteiger partial charge in [0.2, 0.25) is 0 Å². The number of nitrogens with zero attached hydrogens (tertiary/aromatic N) is 1. The number of hydrogen-bond donors (Lipinski definition) is 0. The molecule has 2 nitrogen and oxygen atoms in total. The summed E-state index contributed by atoms with van der Waals surface area (Å²) in [6.45, 7) is 6.12. The van der Waals surface area contributed by atoms with E-state index in [0.717, 1.165) is 12.2 Å². The third-order valence-electron chi connectivity index (χ3n) is 2.83. The molecule has 0 N–H and O–H groups in total. The molecule has 0 rings (SSSR count). The van der Waals surface area contributed by atoms with E-state index < -0.39 is 0 Å². The van der Waals surface area contributed by atoms with Crippen molar-refractivity contribution in [3.8, 4) is 0 Å². The molecule has 0 saturated carbocycles. The second-order valence-corrected chi connectivity index (χ2v) is 4.59. The van der Waals surface area contributed by atoms with Crippen LogP contribution in [0.4, 0.5) is 0 Å². The van der Waals surface area contributed by atoms with Crippen LogP contribution in [0.2, 0.25) is 0 Å². The molecule has 0 radical (unpaired) electrons. The number of ketones is 1. The van der Waals surface area contributed by atoms with Gasteiger partial charge < -0.3 is 0 Å². The van der Waals surface area contributed by atoms with Gasteiger partial charge in [0.15, 0.2) is 0 Å². The Balaban J connectivity index is 4.25. The van der Waals surface area contributed by atoms with E-state index in [9.17, 15) is 4.79 Å². The van der Waals surface area contributed by atoms with Crippen LogP contribution in [0.5, 0.6) is 0 Å². The molecule has 2 atom stereocenters. The molecule has 0 spiro atoms. The maximum Gasteiger partial charge on any atom is 0.149 e. The molecule has 0 amide bonds. The second-order valence-electron chi connectivity index (χ2n) is 3.68. The van der Waals surface area contributed by atoms with Crippen molar-refractivity contribution in [1.29, 1.82) is 0 Å². The molecular weight excluding hydrogens is 194 g/mol. The van der Waals surface area contributed by atoms with Crippen molar-refractivity contribution in [2.45, 2.75) is 45.7 Å². The Hall–Kier alpha value is -0.0200. The van der Waals surface area contributed by atoms with E-state index in [1.807, 2.05) is 25.6 Å². The van der Waals surface area contributed by atoms with Gasteiger partial charge in [0.1, 0.15) is 5.78 Å². The fourth-order valence-electron chi connectivity index (χ4n) is 1.55. The lowest BCUT2D eigenvalue weighted by Gasteiger charge is -2.31. The van der Waals surface area contributed by atoms with Crippen molar-refractivity contribution < 1.29 is 4.79 Å². The molecule has 0 bridgehead atoms. The molecule has 0 saturated heterocycles. The molecule has 2 unspecified atom stereocenters. The Morgan fingerprint density at radius 2 is 2.00 bits per heavy atom. The van der Waals surface area contributed by atoms with E-state index in [0.29, 0.717) is 18.2 Å². The minimum absolute atomic E-state index is 0.0668. The first-order valence-electron chi connectivity index (χ1n) is 5.31. The third-order valence-corrected chi connectivity index (χ3v) is 3.55. The molecule has 0 aliphatic carbocycles. The lowest BCUT2D eigenvalue weighted by Crippen LogP contribution is -2.43. The largest absolute Gasteiger partial charge is 0.298 e. The number of rotatable bonds is 7. The summed E-state index contributed by atoms with van der Waals surface area (Å²) in [6, 6.07) is 0.590. The number of likely N-dealkylation sites (N-methyl/N-ethyl adjacent to an activating group) is 1. The summed E-state index contributed by atoms with van der Waals surface area (Å²) in [6.07, 6.45) is 3.86. The predicted octanol–water partition coefficient (Wildman–Crippen LogP) is 2.43. The SMILES string of the molecule is CCC(=O)C(C)N(C)C(CC)CSC. The van der Waals surface area contributed by atoms with Gasteiger partial charge in [-0.05, 0) is 26.6 Å². The van der Waals surface area contributed by atoms with E-state index >= 15 is 0 Å². The van der Waals surface area contributed by atoms with Crippen LogP contribution in [-0.4, -0.2) is 41.8 Å². The second kappa shape index (κ2) is 7.30. The highest BCUT2D eigenvalue weighted by Gasteiger charge is 2.21.